The summed E-state index contributed by atoms with van der Waals surface area (Å²) in [6.45, 7) is 0.161. The Kier molecular flexibility index (Phi) is 5.45. The number of alkyl halides is 3. The molecule has 0 aliphatic heterocycles. The molecule has 0 unspecified atom stereocenters. The largest absolute Gasteiger partial charge is 0.435 e. The van der Waals surface area contributed by atoms with Crippen molar-refractivity contribution in [3.63, 3.8) is 0 Å². The first-order chi connectivity index (χ1) is 16.3. The molecule has 0 aliphatic rings. The van der Waals surface area contributed by atoms with Crippen LogP contribution in [-0.4, -0.2) is 25.5 Å². The molecule has 0 atom stereocenters. The van der Waals surface area contributed by atoms with E-state index in [-0.39, 0.29) is 16.8 Å². The lowest BCUT2D eigenvalue weighted by Crippen LogP contribution is -2.22. The first-order valence-electron chi connectivity index (χ1n) is 10.3. The van der Waals surface area contributed by atoms with E-state index in [1.807, 2.05) is 66.9 Å². The number of aryl methyl sites for hydroxylation is 1. The summed E-state index contributed by atoms with van der Waals surface area (Å²) in [5, 5.41) is 11.0. The molecule has 1 N–H and O–H groups in total. The molecule has 10 heteroatoms. The van der Waals surface area contributed by atoms with E-state index in [1.165, 1.54) is 13.1 Å². The van der Waals surface area contributed by atoms with Crippen LogP contribution in [0.5, 0.6) is 0 Å². The Balaban J connectivity index is 1.44. The maximum atomic E-state index is 13.3. The van der Waals surface area contributed by atoms with Crippen LogP contribution in [0, 0.1) is 0 Å². The SMILES string of the molecule is Cn1nc(C(F)(F)F)c2cc(C(=O)NCc3cn(-c4ccccc4)nc3-c3ccccc3)sc21. The molecule has 0 spiro atoms. The summed E-state index contributed by atoms with van der Waals surface area (Å²) in [5.41, 5.74) is 2.26. The van der Waals surface area contributed by atoms with Crippen LogP contribution in [0.3, 0.4) is 0 Å². The van der Waals surface area contributed by atoms with Crippen LogP contribution in [0.25, 0.3) is 27.2 Å². The van der Waals surface area contributed by atoms with Crippen LogP contribution in [0.4, 0.5) is 13.2 Å². The van der Waals surface area contributed by atoms with E-state index in [2.05, 4.69) is 10.4 Å². The van der Waals surface area contributed by atoms with Crippen molar-refractivity contribution in [3.05, 3.63) is 89.1 Å². The third-order valence-electron chi connectivity index (χ3n) is 5.30. The van der Waals surface area contributed by atoms with Crippen molar-refractivity contribution in [2.75, 3.05) is 0 Å². The minimum Gasteiger partial charge on any atom is -0.347 e. The summed E-state index contributed by atoms with van der Waals surface area (Å²) in [5.74, 6) is -0.458. The Morgan fingerprint density at radius 2 is 1.71 bits per heavy atom. The molecule has 0 fully saturated rings. The third kappa shape index (κ3) is 4.08. The summed E-state index contributed by atoms with van der Waals surface area (Å²) in [6, 6.07) is 20.4. The van der Waals surface area contributed by atoms with Crippen LogP contribution in [0.15, 0.2) is 72.9 Å². The van der Waals surface area contributed by atoms with E-state index >= 15 is 0 Å². The number of carbonyl (C=O) groups excluding carboxylic acids is 1. The quantitative estimate of drug-likeness (QED) is 0.364. The number of benzene rings is 2. The second-order valence-corrected chi connectivity index (χ2v) is 8.66. The van der Waals surface area contributed by atoms with Gasteiger partial charge in [0.05, 0.1) is 16.3 Å². The average Bonchev–Trinajstić information content (AvgIpc) is 3.53. The number of nitrogens with zero attached hydrogens (tertiary/aromatic N) is 4. The molecule has 0 saturated heterocycles. The molecule has 3 heterocycles. The van der Waals surface area contributed by atoms with Crippen LogP contribution < -0.4 is 5.32 Å². The number of carbonyl (C=O) groups is 1. The number of hydrogen-bond acceptors (Lipinski definition) is 4. The van der Waals surface area contributed by atoms with Gasteiger partial charge in [0, 0.05) is 36.3 Å². The number of halogens is 3. The zero-order valence-electron chi connectivity index (χ0n) is 17.9. The molecular weight excluding hydrogens is 463 g/mol. The second kappa shape index (κ2) is 8.45. The molecule has 5 rings (SSSR count). The van der Waals surface area contributed by atoms with Crippen molar-refractivity contribution in [2.45, 2.75) is 12.7 Å². The topological polar surface area (TPSA) is 64.7 Å². The highest BCUT2D eigenvalue weighted by atomic mass is 32.1. The first kappa shape index (κ1) is 21.9. The Bertz CT molecular complexity index is 1470. The zero-order chi connectivity index (χ0) is 23.9. The van der Waals surface area contributed by atoms with Gasteiger partial charge < -0.3 is 5.32 Å². The lowest BCUT2D eigenvalue weighted by molar-refractivity contribution is -0.140. The predicted molar refractivity (Wildman–Crippen MR) is 124 cm³/mol. The molecule has 6 nitrogen and oxygen atoms in total. The summed E-state index contributed by atoms with van der Waals surface area (Å²) < 4.78 is 42.7. The summed E-state index contributed by atoms with van der Waals surface area (Å²) in [4.78, 5) is 13.3. The average molecular weight is 482 g/mol. The molecule has 172 valence electrons. The van der Waals surface area contributed by atoms with E-state index in [0.717, 1.165) is 32.8 Å². The molecule has 0 saturated carbocycles. The van der Waals surface area contributed by atoms with Gasteiger partial charge in [-0.2, -0.15) is 23.4 Å². The molecule has 2 aromatic carbocycles. The van der Waals surface area contributed by atoms with Gasteiger partial charge >= 0.3 is 6.18 Å². The van der Waals surface area contributed by atoms with Gasteiger partial charge in [-0.15, -0.1) is 11.3 Å². The second-order valence-electron chi connectivity index (χ2n) is 7.63. The van der Waals surface area contributed by atoms with Crippen molar-refractivity contribution < 1.29 is 18.0 Å². The van der Waals surface area contributed by atoms with Crippen molar-refractivity contribution in [1.82, 2.24) is 24.9 Å². The van der Waals surface area contributed by atoms with E-state index in [0.29, 0.717) is 10.5 Å². The number of nitrogens with one attached hydrogen (secondary N) is 1. The smallest absolute Gasteiger partial charge is 0.347 e. The fraction of sp³-hybridized carbons (Fsp3) is 0.125. The summed E-state index contributed by atoms with van der Waals surface area (Å²) in [7, 11) is 1.43. The van der Waals surface area contributed by atoms with Crippen LogP contribution in [0.2, 0.25) is 0 Å². The van der Waals surface area contributed by atoms with E-state index in [1.54, 1.807) is 4.68 Å². The molecule has 0 radical (unpaired) electrons. The molecule has 0 bridgehead atoms. The van der Waals surface area contributed by atoms with Crippen molar-refractivity contribution >= 4 is 27.5 Å². The number of amides is 1. The number of thiophene rings is 1. The van der Waals surface area contributed by atoms with Gasteiger partial charge in [0.2, 0.25) is 0 Å². The van der Waals surface area contributed by atoms with Crippen molar-refractivity contribution in [2.24, 2.45) is 7.05 Å². The van der Waals surface area contributed by atoms with Gasteiger partial charge in [0.15, 0.2) is 5.69 Å². The highest BCUT2D eigenvalue weighted by molar-refractivity contribution is 7.20. The van der Waals surface area contributed by atoms with Gasteiger partial charge in [-0.3, -0.25) is 9.48 Å². The molecule has 0 aliphatic carbocycles. The molecule has 34 heavy (non-hydrogen) atoms. The van der Waals surface area contributed by atoms with Gasteiger partial charge in [0.1, 0.15) is 4.83 Å². The first-order valence-corrected chi connectivity index (χ1v) is 11.1. The Labute approximate surface area is 196 Å². The minimum atomic E-state index is -4.59. The lowest BCUT2D eigenvalue weighted by atomic mass is 10.1. The van der Waals surface area contributed by atoms with Gasteiger partial charge in [-0.25, -0.2) is 4.68 Å². The Morgan fingerprint density at radius 1 is 1.03 bits per heavy atom. The van der Waals surface area contributed by atoms with Gasteiger partial charge in [0.25, 0.3) is 5.91 Å². The van der Waals surface area contributed by atoms with Crippen molar-refractivity contribution in [1.29, 1.82) is 0 Å². The number of para-hydroxylation sites is 1. The Morgan fingerprint density at radius 3 is 2.38 bits per heavy atom. The highest BCUT2D eigenvalue weighted by Gasteiger charge is 2.37. The lowest BCUT2D eigenvalue weighted by Gasteiger charge is -2.05. The standard InChI is InChI=1S/C24H18F3N5OS/c1-31-23-18(21(30-31)24(25,26)27)12-19(34-23)22(33)28-13-16-14-32(17-10-6-3-7-11-17)29-20(16)15-8-4-2-5-9-15/h2-12,14H,13H2,1H3,(H,28,33). The number of aromatic nitrogens is 4. The van der Waals surface area contributed by atoms with Gasteiger partial charge in [-0.05, 0) is 18.2 Å². The number of hydrogen-bond donors (Lipinski definition) is 1. The normalized spacial score (nSPS) is 11.8. The van der Waals surface area contributed by atoms with E-state index < -0.39 is 17.8 Å². The van der Waals surface area contributed by atoms with Crippen molar-refractivity contribution in [3.8, 4) is 16.9 Å². The summed E-state index contributed by atoms with van der Waals surface area (Å²) >= 11 is 0.974. The molecular formula is C24H18F3N5OS. The molecule has 1 amide bonds. The maximum absolute atomic E-state index is 13.3. The molecule has 5 aromatic rings. The monoisotopic (exact) mass is 481 g/mol. The predicted octanol–water partition coefficient (Wildman–Crippen LogP) is 5.44. The fourth-order valence-electron chi connectivity index (χ4n) is 3.72. The van der Waals surface area contributed by atoms with E-state index in [9.17, 15) is 18.0 Å². The Hall–Kier alpha value is -3.92. The number of rotatable bonds is 5. The van der Waals surface area contributed by atoms with E-state index in [4.69, 9.17) is 5.10 Å². The third-order valence-corrected chi connectivity index (χ3v) is 6.50. The summed E-state index contributed by atoms with van der Waals surface area (Å²) in [6.07, 6.45) is -2.75. The zero-order valence-corrected chi connectivity index (χ0v) is 18.7. The van der Waals surface area contributed by atoms with Crippen LogP contribution >= 0.6 is 11.3 Å². The van der Waals surface area contributed by atoms with Crippen LogP contribution in [-0.2, 0) is 19.8 Å². The molecule has 3 aromatic heterocycles. The van der Waals surface area contributed by atoms with Gasteiger partial charge in [-0.1, -0.05) is 48.5 Å². The van der Waals surface area contributed by atoms with Crippen LogP contribution in [0.1, 0.15) is 20.9 Å². The maximum Gasteiger partial charge on any atom is 0.435 e. The number of fused-ring (bicyclic) bond motifs is 1. The minimum absolute atomic E-state index is 0.0768. The fourth-order valence-corrected chi connectivity index (χ4v) is 4.70. The highest BCUT2D eigenvalue weighted by Crippen LogP contribution is 2.37.